The summed E-state index contributed by atoms with van der Waals surface area (Å²) in [5.41, 5.74) is 2.17. The molecule has 0 bridgehead atoms. The number of aromatic nitrogens is 2. The molecule has 1 heterocycles. The summed E-state index contributed by atoms with van der Waals surface area (Å²) in [6, 6.07) is 9.13. The van der Waals surface area contributed by atoms with Crippen molar-refractivity contribution in [3.05, 3.63) is 35.7 Å². The van der Waals surface area contributed by atoms with Gasteiger partial charge >= 0.3 is 6.01 Å². The van der Waals surface area contributed by atoms with E-state index in [9.17, 15) is 0 Å². The second-order valence-corrected chi connectivity index (χ2v) is 4.65. The molecule has 5 nitrogen and oxygen atoms in total. The molecular weight excluding hydrogens is 228 g/mol. The molecule has 1 aromatic carbocycles. The fourth-order valence-corrected chi connectivity index (χ4v) is 1.66. The quantitative estimate of drug-likeness (QED) is 0.845. The molecule has 94 valence electrons. The van der Waals surface area contributed by atoms with Crippen LogP contribution in [0.4, 0.5) is 11.7 Å². The lowest BCUT2D eigenvalue weighted by molar-refractivity contribution is 0.478. The molecule has 3 rings (SSSR count). The number of hydrogen-bond acceptors (Lipinski definition) is 5. The van der Waals surface area contributed by atoms with Crippen LogP contribution >= 0.6 is 0 Å². The van der Waals surface area contributed by atoms with Gasteiger partial charge in [-0.15, -0.1) is 5.10 Å². The largest absolute Gasteiger partial charge is 0.406 e. The average molecular weight is 244 g/mol. The van der Waals surface area contributed by atoms with Gasteiger partial charge in [0.1, 0.15) is 0 Å². The summed E-state index contributed by atoms with van der Waals surface area (Å²) >= 11 is 0. The zero-order chi connectivity index (χ0) is 12.4. The van der Waals surface area contributed by atoms with Crippen LogP contribution in [0, 0.1) is 6.92 Å². The minimum Gasteiger partial charge on any atom is -0.406 e. The fraction of sp³-hybridized carbons (Fsp3) is 0.385. The van der Waals surface area contributed by atoms with Crippen LogP contribution in [0.5, 0.6) is 0 Å². The molecule has 0 saturated heterocycles. The molecule has 1 fully saturated rings. The van der Waals surface area contributed by atoms with E-state index in [1.54, 1.807) is 0 Å². The zero-order valence-electron chi connectivity index (χ0n) is 10.3. The highest BCUT2D eigenvalue weighted by molar-refractivity contribution is 5.52. The molecule has 5 heteroatoms. The summed E-state index contributed by atoms with van der Waals surface area (Å²) in [6.45, 7) is 2.70. The zero-order valence-corrected chi connectivity index (χ0v) is 10.3. The van der Waals surface area contributed by atoms with Crippen LogP contribution in [-0.4, -0.2) is 16.2 Å². The van der Waals surface area contributed by atoms with Crippen LogP contribution in [-0.2, 0) is 6.54 Å². The van der Waals surface area contributed by atoms with Crippen molar-refractivity contribution < 1.29 is 4.42 Å². The maximum atomic E-state index is 5.50. The van der Waals surface area contributed by atoms with E-state index in [0.29, 0.717) is 24.5 Å². The van der Waals surface area contributed by atoms with Gasteiger partial charge < -0.3 is 15.1 Å². The fourth-order valence-electron chi connectivity index (χ4n) is 1.66. The van der Waals surface area contributed by atoms with Crippen molar-refractivity contribution >= 4 is 11.7 Å². The molecule has 2 N–H and O–H groups in total. The first-order chi connectivity index (χ1) is 8.79. The van der Waals surface area contributed by atoms with E-state index in [4.69, 9.17) is 4.42 Å². The van der Waals surface area contributed by atoms with Crippen molar-refractivity contribution in [1.82, 2.24) is 15.5 Å². The molecular formula is C13H16N4O. The van der Waals surface area contributed by atoms with Crippen molar-refractivity contribution in [2.75, 3.05) is 5.32 Å². The highest BCUT2D eigenvalue weighted by atomic mass is 16.4. The van der Waals surface area contributed by atoms with E-state index in [1.165, 1.54) is 18.4 Å². The van der Waals surface area contributed by atoms with Crippen LogP contribution in [0.3, 0.4) is 0 Å². The minimum absolute atomic E-state index is 0.437. The number of benzene rings is 1. The molecule has 0 aliphatic heterocycles. The van der Waals surface area contributed by atoms with Gasteiger partial charge in [-0.25, -0.2) is 0 Å². The van der Waals surface area contributed by atoms with Crippen LogP contribution in [0.2, 0.25) is 0 Å². The van der Waals surface area contributed by atoms with Crippen LogP contribution in [0.25, 0.3) is 0 Å². The predicted octanol–water partition coefficient (Wildman–Crippen LogP) is 2.37. The standard InChI is InChI=1S/C13H16N4O/c1-9-2-4-11(5-3-9)15-13-17-16-12(18-13)8-14-10-6-7-10/h2-5,10,14H,6-8H2,1H3,(H,15,17). The Morgan fingerprint density at radius 1 is 1.22 bits per heavy atom. The first-order valence-corrected chi connectivity index (χ1v) is 6.19. The average Bonchev–Trinajstić information content (AvgIpc) is 3.10. The van der Waals surface area contributed by atoms with Crippen molar-refractivity contribution in [1.29, 1.82) is 0 Å². The second kappa shape index (κ2) is 4.78. The molecule has 1 aliphatic rings. The lowest BCUT2D eigenvalue weighted by atomic mass is 10.2. The minimum atomic E-state index is 0.437. The van der Waals surface area contributed by atoms with E-state index in [-0.39, 0.29) is 0 Å². The predicted molar refractivity (Wildman–Crippen MR) is 68.6 cm³/mol. The SMILES string of the molecule is Cc1ccc(Nc2nnc(CNC3CC3)o2)cc1. The van der Waals surface area contributed by atoms with E-state index in [2.05, 4.69) is 27.8 Å². The Hall–Kier alpha value is -1.88. The van der Waals surface area contributed by atoms with E-state index in [0.717, 1.165) is 5.69 Å². The lowest BCUT2D eigenvalue weighted by Crippen LogP contribution is -2.15. The van der Waals surface area contributed by atoms with E-state index in [1.807, 2.05) is 24.3 Å². The summed E-state index contributed by atoms with van der Waals surface area (Å²) < 4.78 is 5.50. The highest BCUT2D eigenvalue weighted by Crippen LogP contribution is 2.20. The third kappa shape index (κ3) is 2.87. The summed E-state index contributed by atoms with van der Waals surface area (Å²) in [5, 5.41) is 14.4. The molecule has 1 aliphatic carbocycles. The van der Waals surface area contributed by atoms with Gasteiger partial charge in [0, 0.05) is 11.7 Å². The van der Waals surface area contributed by atoms with Crippen LogP contribution in [0.1, 0.15) is 24.3 Å². The molecule has 0 unspecified atom stereocenters. The number of nitrogens with zero attached hydrogens (tertiary/aromatic N) is 2. The third-order valence-electron chi connectivity index (χ3n) is 2.89. The van der Waals surface area contributed by atoms with Crippen molar-refractivity contribution in [3.63, 3.8) is 0 Å². The molecule has 1 saturated carbocycles. The Morgan fingerprint density at radius 3 is 2.72 bits per heavy atom. The first-order valence-electron chi connectivity index (χ1n) is 6.19. The maximum absolute atomic E-state index is 5.50. The van der Waals surface area contributed by atoms with Crippen molar-refractivity contribution in [2.45, 2.75) is 32.4 Å². The first kappa shape index (κ1) is 11.2. The van der Waals surface area contributed by atoms with Crippen molar-refractivity contribution in [2.24, 2.45) is 0 Å². The van der Waals surface area contributed by atoms with Gasteiger partial charge in [0.15, 0.2) is 0 Å². The van der Waals surface area contributed by atoms with Crippen LogP contribution in [0.15, 0.2) is 28.7 Å². The number of hydrogen-bond donors (Lipinski definition) is 2. The molecule has 0 atom stereocenters. The number of aryl methyl sites for hydroxylation is 1. The Kier molecular flexibility index (Phi) is 2.98. The Morgan fingerprint density at radius 2 is 2.00 bits per heavy atom. The number of rotatable bonds is 5. The molecule has 18 heavy (non-hydrogen) atoms. The van der Waals surface area contributed by atoms with Gasteiger partial charge in [-0.1, -0.05) is 22.8 Å². The molecule has 2 aromatic rings. The molecule has 0 radical (unpaired) electrons. The normalized spacial score (nSPS) is 14.7. The lowest BCUT2D eigenvalue weighted by Gasteiger charge is -2.01. The highest BCUT2D eigenvalue weighted by Gasteiger charge is 2.21. The number of nitrogens with one attached hydrogen (secondary N) is 2. The van der Waals surface area contributed by atoms with Gasteiger partial charge in [0.2, 0.25) is 5.89 Å². The Labute approximate surface area is 106 Å². The summed E-state index contributed by atoms with van der Waals surface area (Å²) in [7, 11) is 0. The summed E-state index contributed by atoms with van der Waals surface area (Å²) in [6.07, 6.45) is 2.51. The van der Waals surface area contributed by atoms with Gasteiger partial charge in [0.05, 0.1) is 6.54 Å². The van der Waals surface area contributed by atoms with Crippen molar-refractivity contribution in [3.8, 4) is 0 Å². The topological polar surface area (TPSA) is 63.0 Å². The van der Waals surface area contributed by atoms with Crippen LogP contribution < -0.4 is 10.6 Å². The third-order valence-corrected chi connectivity index (χ3v) is 2.89. The molecule has 0 spiro atoms. The number of anilines is 2. The Balaban J connectivity index is 1.60. The van der Waals surface area contributed by atoms with Gasteiger partial charge in [-0.2, -0.15) is 0 Å². The van der Waals surface area contributed by atoms with E-state index < -0.39 is 0 Å². The second-order valence-electron chi connectivity index (χ2n) is 4.65. The van der Waals surface area contributed by atoms with Gasteiger partial charge in [-0.05, 0) is 31.9 Å². The summed E-state index contributed by atoms with van der Waals surface area (Å²) in [4.78, 5) is 0. The smallest absolute Gasteiger partial charge is 0.320 e. The monoisotopic (exact) mass is 244 g/mol. The van der Waals surface area contributed by atoms with Gasteiger partial charge in [0.25, 0.3) is 0 Å². The molecule has 1 aromatic heterocycles. The van der Waals surface area contributed by atoms with E-state index >= 15 is 0 Å². The maximum Gasteiger partial charge on any atom is 0.320 e. The summed E-state index contributed by atoms with van der Waals surface area (Å²) in [5.74, 6) is 0.622. The Bertz CT molecular complexity index is 516. The van der Waals surface area contributed by atoms with Gasteiger partial charge in [-0.3, -0.25) is 0 Å². The molecule has 0 amide bonds.